The molecule has 1 heterocycles. The van der Waals surface area contributed by atoms with Crippen LogP contribution in [0.3, 0.4) is 0 Å². The normalized spacial score (nSPS) is 10.2. The van der Waals surface area contributed by atoms with Gasteiger partial charge in [-0.25, -0.2) is 0 Å². The molecule has 0 aliphatic rings. The number of nitro groups is 1. The number of nitrogens with zero attached hydrogens (tertiary/aromatic N) is 1. The Labute approximate surface area is 117 Å². The number of halogens is 1. The van der Waals surface area contributed by atoms with E-state index in [1.165, 1.54) is 25.1 Å². The second kappa shape index (κ2) is 5.38. The van der Waals surface area contributed by atoms with E-state index in [1.54, 1.807) is 11.4 Å². The fourth-order valence-corrected chi connectivity index (χ4v) is 2.34. The van der Waals surface area contributed by atoms with Crippen molar-refractivity contribution in [3.05, 3.63) is 50.3 Å². The third kappa shape index (κ3) is 2.91. The maximum atomic E-state index is 11.2. The van der Waals surface area contributed by atoms with Crippen molar-refractivity contribution in [2.45, 2.75) is 6.92 Å². The summed E-state index contributed by atoms with van der Waals surface area (Å²) in [5, 5.41) is 12.7. The molecule has 19 heavy (non-hydrogen) atoms. The molecule has 0 spiro atoms. The summed E-state index contributed by atoms with van der Waals surface area (Å²) in [6.07, 6.45) is 0. The Morgan fingerprint density at radius 3 is 2.74 bits per heavy atom. The summed E-state index contributed by atoms with van der Waals surface area (Å²) in [6.45, 7) is 1.43. The number of hydrogen-bond donors (Lipinski definition) is 0. The summed E-state index contributed by atoms with van der Waals surface area (Å²) in [7, 11) is 0. The van der Waals surface area contributed by atoms with Crippen LogP contribution in [0.2, 0.25) is 5.02 Å². The minimum Gasteiger partial charge on any atom is -0.438 e. The van der Waals surface area contributed by atoms with Crippen molar-refractivity contribution in [1.29, 1.82) is 0 Å². The summed E-state index contributed by atoms with van der Waals surface area (Å²) >= 11 is 7.08. The van der Waals surface area contributed by atoms with Gasteiger partial charge in [0.25, 0.3) is 5.06 Å². The highest BCUT2D eigenvalue weighted by Gasteiger charge is 2.18. The molecule has 0 fully saturated rings. The molecule has 2 aromatic rings. The van der Waals surface area contributed by atoms with E-state index < -0.39 is 4.92 Å². The van der Waals surface area contributed by atoms with Crippen LogP contribution in [0.5, 0.6) is 10.8 Å². The first-order valence-electron chi connectivity index (χ1n) is 5.19. The molecule has 0 saturated carbocycles. The van der Waals surface area contributed by atoms with Crippen molar-refractivity contribution in [2.75, 3.05) is 0 Å². The highest BCUT2D eigenvalue weighted by molar-refractivity contribution is 7.12. The van der Waals surface area contributed by atoms with Gasteiger partial charge in [-0.1, -0.05) is 11.6 Å². The van der Waals surface area contributed by atoms with Crippen molar-refractivity contribution < 1.29 is 14.5 Å². The van der Waals surface area contributed by atoms with Gasteiger partial charge in [0.2, 0.25) is 0 Å². The van der Waals surface area contributed by atoms with Crippen LogP contribution in [0, 0.1) is 10.1 Å². The van der Waals surface area contributed by atoms with Crippen LogP contribution < -0.4 is 4.74 Å². The number of Topliss-reactive ketones (excluding diaryl/α,β-unsaturated/α-hetero) is 1. The molecule has 0 amide bonds. The molecule has 0 radical (unpaired) electrons. The molecular formula is C12H8ClNO4S. The number of ketones is 1. The topological polar surface area (TPSA) is 69.4 Å². The number of rotatable bonds is 4. The summed E-state index contributed by atoms with van der Waals surface area (Å²) in [4.78, 5) is 21.4. The molecule has 98 valence electrons. The van der Waals surface area contributed by atoms with Gasteiger partial charge in [0.05, 0.1) is 9.95 Å². The third-order valence-corrected chi connectivity index (χ3v) is 3.42. The Morgan fingerprint density at radius 2 is 2.16 bits per heavy atom. The van der Waals surface area contributed by atoms with Gasteiger partial charge >= 0.3 is 5.69 Å². The number of benzene rings is 1. The monoisotopic (exact) mass is 297 g/mol. The number of thiophene rings is 1. The van der Waals surface area contributed by atoms with Crippen molar-refractivity contribution in [3.8, 4) is 10.8 Å². The standard InChI is InChI=1S/C12H8ClNO4S/c1-7(15)8-2-3-11(9(13)6-8)18-12-10(14(16)17)4-5-19-12/h2-6H,1H3. The van der Waals surface area contributed by atoms with Crippen LogP contribution in [0.15, 0.2) is 29.6 Å². The smallest absolute Gasteiger partial charge is 0.322 e. The maximum absolute atomic E-state index is 11.2. The fourth-order valence-electron chi connectivity index (χ4n) is 1.40. The highest BCUT2D eigenvalue weighted by Crippen LogP contribution is 2.39. The molecular weight excluding hydrogens is 290 g/mol. The third-order valence-electron chi connectivity index (χ3n) is 2.35. The molecule has 1 aromatic heterocycles. The predicted octanol–water partition coefficient (Wildman–Crippen LogP) is 4.30. The van der Waals surface area contributed by atoms with E-state index in [-0.39, 0.29) is 27.3 Å². The van der Waals surface area contributed by atoms with Crippen molar-refractivity contribution in [2.24, 2.45) is 0 Å². The zero-order valence-corrected chi connectivity index (χ0v) is 11.3. The lowest BCUT2D eigenvalue weighted by molar-refractivity contribution is -0.385. The SMILES string of the molecule is CC(=O)c1ccc(Oc2sccc2[N+](=O)[O-])c(Cl)c1. The zero-order chi connectivity index (χ0) is 14.0. The Balaban J connectivity index is 2.31. The first-order chi connectivity index (χ1) is 8.99. The minimum absolute atomic E-state index is 0.114. The van der Waals surface area contributed by atoms with Crippen LogP contribution in [0.4, 0.5) is 5.69 Å². The lowest BCUT2D eigenvalue weighted by Crippen LogP contribution is -1.93. The van der Waals surface area contributed by atoms with Crippen LogP contribution in [0.25, 0.3) is 0 Å². The van der Waals surface area contributed by atoms with Gasteiger partial charge in [0.1, 0.15) is 5.75 Å². The molecule has 2 rings (SSSR count). The van der Waals surface area contributed by atoms with Crippen molar-refractivity contribution in [3.63, 3.8) is 0 Å². The summed E-state index contributed by atoms with van der Waals surface area (Å²) < 4.78 is 5.41. The van der Waals surface area contributed by atoms with Gasteiger partial charge in [-0.2, -0.15) is 0 Å². The van der Waals surface area contributed by atoms with Crippen LogP contribution >= 0.6 is 22.9 Å². The zero-order valence-electron chi connectivity index (χ0n) is 9.75. The first-order valence-corrected chi connectivity index (χ1v) is 6.45. The predicted molar refractivity (Wildman–Crippen MR) is 72.5 cm³/mol. The second-order valence-corrected chi connectivity index (χ2v) is 4.94. The van der Waals surface area contributed by atoms with Gasteiger partial charge in [0.15, 0.2) is 5.78 Å². The van der Waals surface area contributed by atoms with Gasteiger partial charge in [-0.05, 0) is 25.1 Å². The molecule has 0 saturated heterocycles. The Morgan fingerprint density at radius 1 is 1.42 bits per heavy atom. The summed E-state index contributed by atoms with van der Waals surface area (Å²) in [6, 6.07) is 5.90. The van der Waals surface area contributed by atoms with Crippen molar-refractivity contribution in [1.82, 2.24) is 0 Å². The van der Waals surface area contributed by atoms with Gasteiger partial charge in [0, 0.05) is 17.0 Å². The summed E-state index contributed by atoms with van der Waals surface area (Å²) in [5.41, 5.74) is 0.342. The molecule has 0 aliphatic carbocycles. The van der Waals surface area contributed by atoms with E-state index >= 15 is 0 Å². The fraction of sp³-hybridized carbons (Fsp3) is 0.0833. The highest BCUT2D eigenvalue weighted by atomic mass is 35.5. The Hall–Kier alpha value is -1.92. The van der Waals surface area contributed by atoms with E-state index in [2.05, 4.69) is 0 Å². The lowest BCUT2D eigenvalue weighted by atomic mass is 10.1. The van der Waals surface area contributed by atoms with Crippen LogP contribution in [0.1, 0.15) is 17.3 Å². The van der Waals surface area contributed by atoms with E-state index in [0.29, 0.717) is 5.56 Å². The number of hydrogen-bond acceptors (Lipinski definition) is 5. The first kappa shape index (κ1) is 13.5. The average Bonchev–Trinajstić information content (AvgIpc) is 2.79. The molecule has 7 heteroatoms. The van der Waals surface area contributed by atoms with Gasteiger partial charge in [-0.3, -0.25) is 14.9 Å². The molecule has 0 atom stereocenters. The van der Waals surface area contributed by atoms with E-state index in [9.17, 15) is 14.9 Å². The molecule has 0 bridgehead atoms. The number of ether oxygens (including phenoxy) is 1. The van der Waals surface area contributed by atoms with Gasteiger partial charge in [-0.15, -0.1) is 11.3 Å². The maximum Gasteiger partial charge on any atom is 0.322 e. The quantitative estimate of drug-likeness (QED) is 0.479. The second-order valence-electron chi connectivity index (χ2n) is 3.65. The summed E-state index contributed by atoms with van der Waals surface area (Å²) in [5.74, 6) is 0.160. The van der Waals surface area contributed by atoms with Crippen molar-refractivity contribution >= 4 is 34.4 Å². The Kier molecular flexibility index (Phi) is 3.82. The van der Waals surface area contributed by atoms with Crippen LogP contribution in [-0.4, -0.2) is 10.7 Å². The molecule has 0 aliphatic heterocycles. The molecule has 5 nitrogen and oxygen atoms in total. The van der Waals surface area contributed by atoms with E-state index in [4.69, 9.17) is 16.3 Å². The molecule has 1 aromatic carbocycles. The molecule has 0 unspecified atom stereocenters. The Bertz CT molecular complexity index is 653. The lowest BCUT2D eigenvalue weighted by Gasteiger charge is -2.06. The molecule has 0 N–H and O–H groups in total. The number of carbonyl (C=O) groups excluding carboxylic acids is 1. The minimum atomic E-state index is -0.524. The van der Waals surface area contributed by atoms with Crippen LogP contribution in [-0.2, 0) is 0 Å². The van der Waals surface area contributed by atoms with E-state index in [0.717, 1.165) is 11.3 Å². The largest absolute Gasteiger partial charge is 0.438 e. The number of carbonyl (C=O) groups is 1. The van der Waals surface area contributed by atoms with E-state index in [1.807, 2.05) is 0 Å². The average molecular weight is 298 g/mol. The van der Waals surface area contributed by atoms with Gasteiger partial charge < -0.3 is 4.74 Å².